The Labute approximate surface area is 192 Å². The quantitative estimate of drug-likeness (QED) is 0.562. The highest BCUT2D eigenvalue weighted by Gasteiger charge is 2.51. The van der Waals surface area contributed by atoms with Crippen LogP contribution in [0.1, 0.15) is 46.6 Å². The lowest BCUT2D eigenvalue weighted by Gasteiger charge is -2.32. The summed E-state index contributed by atoms with van der Waals surface area (Å²) in [6.07, 6.45) is 3.26. The Balaban J connectivity index is 1.41. The van der Waals surface area contributed by atoms with Crippen molar-refractivity contribution < 1.29 is 18.8 Å². The van der Waals surface area contributed by atoms with E-state index in [1.165, 1.54) is 4.57 Å². The molecule has 2 saturated heterocycles. The number of hydrogen-bond acceptors (Lipinski definition) is 7. The second-order valence-corrected chi connectivity index (χ2v) is 9.69. The number of hydrogen-bond donors (Lipinski definition) is 0. The van der Waals surface area contributed by atoms with Crippen molar-refractivity contribution >= 4 is 23.6 Å². The third kappa shape index (κ3) is 3.86. The molecular weight excluding hydrogens is 423 g/mol. The van der Waals surface area contributed by atoms with E-state index in [1.807, 2.05) is 56.6 Å². The molecule has 9 nitrogen and oxygen atoms in total. The van der Waals surface area contributed by atoms with Crippen LogP contribution in [0.2, 0.25) is 0 Å². The van der Waals surface area contributed by atoms with E-state index in [9.17, 15) is 4.79 Å². The van der Waals surface area contributed by atoms with Crippen LogP contribution in [0.3, 0.4) is 0 Å². The number of benzene rings is 1. The number of fused-ring (bicyclic) bond motifs is 1. The van der Waals surface area contributed by atoms with Gasteiger partial charge in [0, 0.05) is 20.3 Å². The van der Waals surface area contributed by atoms with Crippen LogP contribution in [0, 0.1) is 0 Å². The van der Waals surface area contributed by atoms with Crippen LogP contribution in [-0.4, -0.2) is 50.9 Å². The van der Waals surface area contributed by atoms with Crippen molar-refractivity contribution in [2.24, 2.45) is 7.05 Å². The van der Waals surface area contributed by atoms with Gasteiger partial charge in [-0.05, 0) is 58.1 Å². The van der Waals surface area contributed by atoms with E-state index in [-0.39, 0.29) is 17.6 Å². The summed E-state index contributed by atoms with van der Waals surface area (Å²) in [6, 6.07) is 7.83. The summed E-state index contributed by atoms with van der Waals surface area (Å²) in [7, 11) is 1.20. The van der Waals surface area contributed by atoms with Gasteiger partial charge in [0.15, 0.2) is 5.65 Å². The molecular formula is C23H29BN4O5. The van der Waals surface area contributed by atoms with Crippen LogP contribution in [0.4, 0.5) is 0 Å². The predicted octanol–water partition coefficient (Wildman–Crippen LogP) is 2.57. The van der Waals surface area contributed by atoms with E-state index in [4.69, 9.17) is 18.8 Å². The van der Waals surface area contributed by atoms with Crippen LogP contribution >= 0.6 is 0 Å². The van der Waals surface area contributed by atoms with E-state index < -0.39 is 18.3 Å². The van der Waals surface area contributed by atoms with Crippen LogP contribution in [0.25, 0.3) is 11.0 Å². The Morgan fingerprint density at radius 3 is 2.33 bits per heavy atom. The van der Waals surface area contributed by atoms with Gasteiger partial charge in [-0.3, -0.25) is 9.36 Å². The average Bonchev–Trinajstić information content (AvgIpc) is 3.30. The molecule has 2 aliphatic heterocycles. The highest BCUT2D eigenvalue weighted by atomic mass is 16.7. The molecule has 1 aromatic carbocycles. The summed E-state index contributed by atoms with van der Waals surface area (Å²) in [4.78, 5) is 17.6. The molecule has 0 spiro atoms. The van der Waals surface area contributed by atoms with Crippen molar-refractivity contribution in [1.82, 2.24) is 19.3 Å². The number of rotatable bonds is 4. The standard InChI is InChI=1S/C23H29BN4O5/c1-22(2)23(3,4)33-24(32-22)15-6-8-17(9-7-15)31-21-26-19-18(20(29)27(21)5)14-25-28(19)16-10-12-30-13-11-16/h6-9,14,16H,10-13H2,1-5H3. The molecule has 174 valence electrons. The van der Waals surface area contributed by atoms with Gasteiger partial charge in [-0.2, -0.15) is 10.1 Å². The molecule has 33 heavy (non-hydrogen) atoms. The van der Waals surface area contributed by atoms with Crippen molar-refractivity contribution in [3.63, 3.8) is 0 Å². The normalized spacial score (nSPS) is 20.5. The molecule has 5 rings (SSSR count). The van der Waals surface area contributed by atoms with Crippen molar-refractivity contribution in [1.29, 1.82) is 0 Å². The molecule has 0 radical (unpaired) electrons. The van der Waals surface area contributed by atoms with Crippen molar-refractivity contribution in [3.05, 3.63) is 40.8 Å². The second kappa shape index (κ2) is 7.97. The van der Waals surface area contributed by atoms with E-state index in [0.717, 1.165) is 18.3 Å². The molecule has 0 atom stereocenters. The first-order valence-electron chi connectivity index (χ1n) is 11.3. The van der Waals surface area contributed by atoms with E-state index >= 15 is 0 Å². The molecule has 2 fully saturated rings. The van der Waals surface area contributed by atoms with Gasteiger partial charge in [0.2, 0.25) is 0 Å². The second-order valence-electron chi connectivity index (χ2n) is 9.69. The summed E-state index contributed by atoms with van der Waals surface area (Å²) < 4.78 is 26.9. The zero-order valence-corrected chi connectivity index (χ0v) is 19.7. The fourth-order valence-corrected chi connectivity index (χ4v) is 4.12. The molecule has 10 heteroatoms. The fraction of sp³-hybridized carbons (Fsp3) is 0.522. The average molecular weight is 452 g/mol. The van der Waals surface area contributed by atoms with Gasteiger partial charge in [-0.1, -0.05) is 12.1 Å². The van der Waals surface area contributed by atoms with Crippen molar-refractivity contribution in [2.45, 2.75) is 57.8 Å². The number of aromatic nitrogens is 4. The van der Waals surface area contributed by atoms with Gasteiger partial charge in [0.25, 0.3) is 5.56 Å². The smallest absolute Gasteiger partial charge is 0.425 e. The van der Waals surface area contributed by atoms with Crippen molar-refractivity contribution in [3.8, 4) is 11.8 Å². The molecule has 0 unspecified atom stereocenters. The molecule has 0 bridgehead atoms. The Bertz CT molecular complexity index is 1210. The SMILES string of the molecule is Cn1c(Oc2ccc(B3OC(C)(C)C(C)(C)O3)cc2)nc2c(cnn2C2CCOCC2)c1=O. The van der Waals surface area contributed by atoms with Crippen LogP contribution in [-0.2, 0) is 21.1 Å². The number of ether oxygens (including phenoxy) is 2. The highest BCUT2D eigenvalue weighted by molar-refractivity contribution is 6.62. The monoisotopic (exact) mass is 452 g/mol. The fourth-order valence-electron chi connectivity index (χ4n) is 4.12. The van der Waals surface area contributed by atoms with Gasteiger partial charge in [-0.25, -0.2) is 4.68 Å². The largest absolute Gasteiger partial charge is 0.494 e. The van der Waals surface area contributed by atoms with Crippen LogP contribution in [0.5, 0.6) is 11.8 Å². The lowest BCUT2D eigenvalue weighted by atomic mass is 9.79. The first-order chi connectivity index (χ1) is 15.7. The van der Waals surface area contributed by atoms with Crippen LogP contribution in [0.15, 0.2) is 35.3 Å². The summed E-state index contributed by atoms with van der Waals surface area (Å²) in [5, 5.41) is 4.93. The lowest BCUT2D eigenvalue weighted by Crippen LogP contribution is -2.41. The van der Waals surface area contributed by atoms with E-state index in [1.54, 1.807) is 13.2 Å². The maximum atomic E-state index is 12.9. The van der Waals surface area contributed by atoms with Gasteiger partial charge >= 0.3 is 13.1 Å². The van der Waals surface area contributed by atoms with E-state index in [0.29, 0.717) is 30.0 Å². The molecule has 0 aliphatic carbocycles. The van der Waals surface area contributed by atoms with Crippen LogP contribution < -0.4 is 15.8 Å². The van der Waals surface area contributed by atoms with E-state index in [2.05, 4.69) is 10.1 Å². The Hall–Kier alpha value is -2.69. The third-order valence-electron chi connectivity index (χ3n) is 6.94. The molecule has 0 saturated carbocycles. The Kier molecular flexibility index (Phi) is 5.34. The zero-order valence-electron chi connectivity index (χ0n) is 19.7. The maximum absolute atomic E-state index is 12.9. The van der Waals surface area contributed by atoms with Gasteiger partial charge in [0.1, 0.15) is 11.1 Å². The van der Waals surface area contributed by atoms with Gasteiger partial charge in [-0.15, -0.1) is 0 Å². The third-order valence-corrected chi connectivity index (χ3v) is 6.94. The molecule has 4 heterocycles. The minimum atomic E-state index is -0.447. The molecule has 2 aromatic heterocycles. The lowest BCUT2D eigenvalue weighted by molar-refractivity contribution is 0.00578. The summed E-state index contributed by atoms with van der Waals surface area (Å²) >= 11 is 0. The minimum Gasteiger partial charge on any atom is -0.425 e. The molecule has 2 aliphatic rings. The Morgan fingerprint density at radius 1 is 1.06 bits per heavy atom. The predicted molar refractivity (Wildman–Crippen MR) is 124 cm³/mol. The highest BCUT2D eigenvalue weighted by Crippen LogP contribution is 2.36. The molecule has 3 aromatic rings. The van der Waals surface area contributed by atoms with Gasteiger partial charge in [0.05, 0.1) is 23.4 Å². The maximum Gasteiger partial charge on any atom is 0.494 e. The summed E-state index contributed by atoms with van der Waals surface area (Å²) in [5.41, 5.74) is 0.433. The first-order valence-corrected chi connectivity index (χ1v) is 11.3. The summed E-state index contributed by atoms with van der Waals surface area (Å²) in [6.45, 7) is 9.45. The molecule has 0 amide bonds. The summed E-state index contributed by atoms with van der Waals surface area (Å²) in [5.74, 6) is 0.564. The minimum absolute atomic E-state index is 0.155. The first kappa shape index (κ1) is 22.1. The Morgan fingerprint density at radius 2 is 1.70 bits per heavy atom. The topological polar surface area (TPSA) is 89.6 Å². The number of nitrogens with zero attached hydrogens (tertiary/aromatic N) is 4. The molecule has 0 N–H and O–H groups in total. The zero-order chi connectivity index (χ0) is 23.4. The van der Waals surface area contributed by atoms with Gasteiger partial charge < -0.3 is 18.8 Å². The van der Waals surface area contributed by atoms with Crippen molar-refractivity contribution in [2.75, 3.05) is 13.2 Å².